The van der Waals surface area contributed by atoms with E-state index in [1.54, 1.807) is 6.92 Å². The summed E-state index contributed by atoms with van der Waals surface area (Å²) >= 11 is 6.05. The van der Waals surface area contributed by atoms with Crippen LogP contribution in [0.3, 0.4) is 0 Å². The van der Waals surface area contributed by atoms with Gasteiger partial charge in [0.05, 0.1) is 18.8 Å². The number of carbonyl (C=O) groups excluding carboxylic acids is 2. The fourth-order valence-electron chi connectivity index (χ4n) is 4.75. The van der Waals surface area contributed by atoms with Gasteiger partial charge < -0.3 is 14.8 Å². The maximum absolute atomic E-state index is 13.5. The van der Waals surface area contributed by atoms with E-state index in [9.17, 15) is 9.59 Å². The third kappa shape index (κ3) is 4.69. The van der Waals surface area contributed by atoms with E-state index >= 15 is 0 Å². The lowest BCUT2D eigenvalue weighted by Crippen LogP contribution is -2.36. The van der Waals surface area contributed by atoms with E-state index in [1.165, 1.54) is 0 Å². The van der Waals surface area contributed by atoms with Crippen LogP contribution in [-0.2, 0) is 14.3 Å². The number of Topliss-reactive ketones (excluding diaryl/α,β-unsaturated/α-hetero) is 1. The quantitative estimate of drug-likeness (QED) is 0.557. The Morgan fingerprint density at radius 2 is 1.67 bits per heavy atom. The van der Waals surface area contributed by atoms with Crippen molar-refractivity contribution in [1.82, 2.24) is 5.32 Å². The largest absolute Gasteiger partial charge is 0.494 e. The normalized spacial score (nSPS) is 20.3. The number of nitrogens with one attached hydrogen (secondary N) is 1. The van der Waals surface area contributed by atoms with Crippen molar-refractivity contribution in [3.8, 4) is 5.75 Å². The summed E-state index contributed by atoms with van der Waals surface area (Å²) in [6, 6.07) is 15.3. The zero-order valence-electron chi connectivity index (χ0n) is 19.1. The maximum Gasteiger partial charge on any atom is 0.336 e. The molecule has 0 spiro atoms. The minimum absolute atomic E-state index is 0.0388. The van der Waals surface area contributed by atoms with Gasteiger partial charge in [0.2, 0.25) is 0 Å². The van der Waals surface area contributed by atoms with Crippen LogP contribution in [0.5, 0.6) is 5.75 Å². The number of dihydropyridines is 1. The molecule has 0 aromatic heterocycles. The Labute approximate surface area is 199 Å². The monoisotopic (exact) mass is 465 g/mol. The molecule has 5 nitrogen and oxygen atoms in total. The third-order valence-electron chi connectivity index (χ3n) is 6.19. The van der Waals surface area contributed by atoms with Gasteiger partial charge in [-0.1, -0.05) is 35.9 Å². The second-order valence-corrected chi connectivity index (χ2v) is 8.73. The Hall–Kier alpha value is -3.05. The number of hydrogen-bond donors (Lipinski definition) is 1. The minimum atomic E-state index is -0.477. The van der Waals surface area contributed by atoms with E-state index in [-0.39, 0.29) is 18.3 Å². The number of esters is 1. The van der Waals surface area contributed by atoms with Gasteiger partial charge in [-0.15, -0.1) is 0 Å². The van der Waals surface area contributed by atoms with Gasteiger partial charge in [-0.05, 0) is 68.5 Å². The fraction of sp³-hybridized carbons (Fsp3) is 0.333. The Morgan fingerprint density at radius 1 is 1.00 bits per heavy atom. The van der Waals surface area contributed by atoms with Crippen LogP contribution in [0.1, 0.15) is 56.6 Å². The second kappa shape index (κ2) is 9.84. The molecule has 0 unspecified atom stereocenters. The summed E-state index contributed by atoms with van der Waals surface area (Å²) in [7, 11) is 0. The summed E-state index contributed by atoms with van der Waals surface area (Å²) in [4.78, 5) is 26.5. The lowest BCUT2D eigenvalue weighted by atomic mass is 9.72. The maximum atomic E-state index is 13.5. The number of ether oxygens (including phenoxy) is 2. The molecule has 6 heteroatoms. The zero-order valence-corrected chi connectivity index (χ0v) is 19.9. The van der Waals surface area contributed by atoms with E-state index < -0.39 is 11.9 Å². The van der Waals surface area contributed by atoms with Gasteiger partial charge in [-0.25, -0.2) is 4.79 Å². The lowest BCUT2D eigenvalue weighted by molar-refractivity contribution is -0.138. The number of benzene rings is 2. The Balaban J connectivity index is 1.76. The van der Waals surface area contributed by atoms with Gasteiger partial charge in [-0.3, -0.25) is 4.79 Å². The van der Waals surface area contributed by atoms with Crippen molar-refractivity contribution in [2.45, 2.75) is 45.4 Å². The van der Waals surface area contributed by atoms with Crippen LogP contribution in [0.4, 0.5) is 0 Å². The molecule has 2 aromatic carbocycles. The molecule has 33 heavy (non-hydrogen) atoms. The summed E-state index contributed by atoms with van der Waals surface area (Å²) in [5.41, 5.74) is 4.67. The first-order valence-electron chi connectivity index (χ1n) is 11.3. The fourth-order valence-corrected chi connectivity index (χ4v) is 4.87. The summed E-state index contributed by atoms with van der Waals surface area (Å²) in [5.74, 6) is -0.0356. The van der Waals surface area contributed by atoms with Crippen molar-refractivity contribution in [2.24, 2.45) is 0 Å². The first-order chi connectivity index (χ1) is 15.9. The van der Waals surface area contributed by atoms with Gasteiger partial charge in [-0.2, -0.15) is 0 Å². The number of carbonyl (C=O) groups is 2. The molecule has 2 atom stereocenters. The average Bonchev–Trinajstić information content (AvgIpc) is 2.79. The summed E-state index contributed by atoms with van der Waals surface area (Å²) in [5, 5.41) is 4.04. The van der Waals surface area contributed by atoms with E-state index in [4.69, 9.17) is 21.1 Å². The highest BCUT2D eigenvalue weighted by Gasteiger charge is 2.41. The molecule has 0 fully saturated rings. The highest BCUT2D eigenvalue weighted by atomic mass is 35.5. The first-order valence-corrected chi connectivity index (χ1v) is 11.7. The van der Waals surface area contributed by atoms with Crippen molar-refractivity contribution in [3.05, 3.63) is 87.2 Å². The Morgan fingerprint density at radius 3 is 2.30 bits per heavy atom. The average molecular weight is 466 g/mol. The molecular weight excluding hydrogens is 438 g/mol. The summed E-state index contributed by atoms with van der Waals surface area (Å²) < 4.78 is 11.0. The molecule has 0 bridgehead atoms. The van der Waals surface area contributed by atoms with Crippen LogP contribution < -0.4 is 10.1 Å². The van der Waals surface area contributed by atoms with Crippen LogP contribution in [0, 0.1) is 0 Å². The molecule has 0 saturated carbocycles. The van der Waals surface area contributed by atoms with Crippen molar-refractivity contribution < 1.29 is 19.1 Å². The van der Waals surface area contributed by atoms with Crippen molar-refractivity contribution in [1.29, 1.82) is 0 Å². The van der Waals surface area contributed by atoms with Gasteiger partial charge in [0.15, 0.2) is 5.78 Å². The van der Waals surface area contributed by atoms with Crippen molar-refractivity contribution in [2.75, 3.05) is 13.2 Å². The van der Waals surface area contributed by atoms with Crippen LogP contribution in [0.2, 0.25) is 5.02 Å². The topological polar surface area (TPSA) is 64.6 Å². The highest BCUT2D eigenvalue weighted by Crippen LogP contribution is 2.46. The zero-order chi connectivity index (χ0) is 23.5. The molecular formula is C27H28ClNO4. The molecule has 0 amide bonds. The first kappa shape index (κ1) is 23.1. The molecule has 0 radical (unpaired) electrons. The Bertz CT molecular complexity index is 1120. The van der Waals surface area contributed by atoms with Gasteiger partial charge in [0.25, 0.3) is 0 Å². The van der Waals surface area contributed by atoms with Crippen LogP contribution in [0.15, 0.2) is 71.1 Å². The van der Waals surface area contributed by atoms with E-state index in [0.29, 0.717) is 35.6 Å². The van der Waals surface area contributed by atoms with Crippen molar-refractivity contribution in [3.63, 3.8) is 0 Å². The predicted octanol–water partition coefficient (Wildman–Crippen LogP) is 5.66. The van der Waals surface area contributed by atoms with Crippen LogP contribution >= 0.6 is 11.6 Å². The van der Waals surface area contributed by atoms with E-state index in [2.05, 4.69) is 5.32 Å². The number of hydrogen-bond acceptors (Lipinski definition) is 5. The molecule has 1 heterocycles. The van der Waals surface area contributed by atoms with Gasteiger partial charge in [0.1, 0.15) is 5.75 Å². The lowest BCUT2D eigenvalue weighted by Gasteiger charge is -2.36. The minimum Gasteiger partial charge on any atom is -0.494 e. The molecule has 2 aromatic rings. The van der Waals surface area contributed by atoms with Gasteiger partial charge >= 0.3 is 5.97 Å². The highest BCUT2D eigenvalue weighted by molar-refractivity contribution is 6.30. The summed E-state index contributed by atoms with van der Waals surface area (Å²) in [6.07, 6.45) is 1.06. The van der Waals surface area contributed by atoms with E-state index in [1.807, 2.05) is 62.4 Å². The third-order valence-corrected chi connectivity index (χ3v) is 6.44. The number of ketones is 1. The second-order valence-electron chi connectivity index (χ2n) is 8.29. The molecule has 0 saturated heterocycles. The number of allylic oxidation sites excluding steroid dienone is 3. The smallest absolute Gasteiger partial charge is 0.336 e. The standard InChI is InChI=1S/C27H28ClNO4/c1-4-32-21-12-8-18(9-13-21)25-24(27(31)33-5-2)16(3)29-22-14-19(15-23(30)26(22)25)17-6-10-20(28)11-7-17/h6-13,19,25,29H,4-5,14-15H2,1-3H3/t19-,25-/m0/s1. The molecule has 4 rings (SSSR count). The van der Waals surface area contributed by atoms with Gasteiger partial charge in [0, 0.05) is 34.3 Å². The SMILES string of the molecule is CCOC(=O)C1=C(C)NC2=C(C(=O)C[C@@H](c3ccc(Cl)cc3)C2)[C@H]1c1ccc(OCC)cc1. The molecule has 1 aliphatic carbocycles. The molecule has 172 valence electrons. The molecule has 1 aliphatic heterocycles. The Kier molecular flexibility index (Phi) is 6.89. The number of halogens is 1. The number of rotatable bonds is 6. The van der Waals surface area contributed by atoms with Crippen LogP contribution in [0.25, 0.3) is 0 Å². The van der Waals surface area contributed by atoms with E-state index in [0.717, 1.165) is 28.3 Å². The molecule has 2 aliphatic rings. The van der Waals surface area contributed by atoms with Crippen molar-refractivity contribution >= 4 is 23.4 Å². The molecule has 1 N–H and O–H groups in total. The van der Waals surface area contributed by atoms with Crippen LogP contribution in [-0.4, -0.2) is 25.0 Å². The predicted molar refractivity (Wildman–Crippen MR) is 128 cm³/mol. The summed E-state index contributed by atoms with van der Waals surface area (Å²) in [6.45, 7) is 6.42.